The van der Waals surface area contributed by atoms with E-state index in [0.29, 0.717) is 19.3 Å². The molecule has 0 spiro atoms. The van der Waals surface area contributed by atoms with Gasteiger partial charge in [0.15, 0.2) is 6.10 Å². The lowest BCUT2D eigenvalue weighted by molar-refractivity contribution is -0.167. The van der Waals surface area contributed by atoms with E-state index < -0.39 is 6.10 Å². The number of allylic oxidation sites excluding steroid dienone is 10. The molecule has 6 nitrogen and oxygen atoms in total. The van der Waals surface area contributed by atoms with Crippen LogP contribution in [-0.2, 0) is 28.6 Å². The summed E-state index contributed by atoms with van der Waals surface area (Å²) in [5.41, 5.74) is 0. The molecular formula is C61H108O6. The lowest BCUT2D eigenvalue weighted by Crippen LogP contribution is -2.30. The Morgan fingerprint density at radius 1 is 0.313 bits per heavy atom. The summed E-state index contributed by atoms with van der Waals surface area (Å²) in [6.45, 7) is 6.52. The minimum Gasteiger partial charge on any atom is -0.462 e. The van der Waals surface area contributed by atoms with Crippen LogP contribution >= 0.6 is 0 Å². The van der Waals surface area contributed by atoms with Gasteiger partial charge in [-0.15, -0.1) is 0 Å². The molecular weight excluding hydrogens is 829 g/mol. The van der Waals surface area contributed by atoms with E-state index in [1.54, 1.807) is 0 Å². The van der Waals surface area contributed by atoms with Crippen molar-refractivity contribution in [2.45, 2.75) is 297 Å². The highest BCUT2D eigenvalue weighted by Gasteiger charge is 2.19. The Hall–Kier alpha value is -2.89. The summed E-state index contributed by atoms with van der Waals surface area (Å²) in [5.74, 6) is -0.878. The van der Waals surface area contributed by atoms with Crippen LogP contribution in [0.2, 0.25) is 0 Å². The number of ether oxygens (including phenoxy) is 3. The Morgan fingerprint density at radius 2 is 0.582 bits per heavy atom. The van der Waals surface area contributed by atoms with Gasteiger partial charge in [-0.05, 0) is 83.5 Å². The SMILES string of the molecule is CC/C=C\C/C=C\C/C=C\C/C=C\CCCCCCCCCCCCCCC(=O)OCC(COC(=O)CCCCCCCCCCC)OC(=O)CCCCCCC/C=C\CCCCCCCC. The van der Waals surface area contributed by atoms with Gasteiger partial charge in [-0.2, -0.15) is 0 Å². The van der Waals surface area contributed by atoms with Gasteiger partial charge in [0, 0.05) is 19.3 Å². The Labute approximate surface area is 415 Å². The fourth-order valence-electron chi connectivity index (χ4n) is 8.19. The Morgan fingerprint density at radius 3 is 0.925 bits per heavy atom. The predicted molar refractivity (Wildman–Crippen MR) is 288 cm³/mol. The van der Waals surface area contributed by atoms with Crippen LogP contribution in [0.25, 0.3) is 0 Å². The summed E-state index contributed by atoms with van der Waals surface area (Å²) < 4.78 is 16.8. The van der Waals surface area contributed by atoms with Crippen LogP contribution in [0.1, 0.15) is 290 Å². The number of carbonyl (C=O) groups is 3. The van der Waals surface area contributed by atoms with Gasteiger partial charge in [0.25, 0.3) is 0 Å². The quantitative estimate of drug-likeness (QED) is 0.0262. The van der Waals surface area contributed by atoms with E-state index in [1.807, 2.05) is 0 Å². The second-order valence-corrected chi connectivity index (χ2v) is 19.2. The molecule has 1 atom stereocenters. The van der Waals surface area contributed by atoms with Gasteiger partial charge in [0.1, 0.15) is 13.2 Å². The number of unbranched alkanes of at least 4 members (excludes halogenated alkanes) is 31. The highest BCUT2D eigenvalue weighted by molar-refractivity contribution is 5.71. The van der Waals surface area contributed by atoms with Crippen molar-refractivity contribution in [3.05, 3.63) is 60.8 Å². The maximum atomic E-state index is 12.8. The zero-order valence-electron chi connectivity index (χ0n) is 44.4. The summed E-state index contributed by atoms with van der Waals surface area (Å²) >= 11 is 0. The average molecular weight is 938 g/mol. The molecule has 0 aliphatic rings. The molecule has 67 heavy (non-hydrogen) atoms. The van der Waals surface area contributed by atoms with Crippen molar-refractivity contribution in [3.63, 3.8) is 0 Å². The third kappa shape index (κ3) is 53.9. The van der Waals surface area contributed by atoms with E-state index in [-0.39, 0.29) is 31.1 Å². The van der Waals surface area contributed by atoms with Crippen LogP contribution in [0.15, 0.2) is 60.8 Å². The number of hydrogen-bond donors (Lipinski definition) is 0. The van der Waals surface area contributed by atoms with Crippen molar-refractivity contribution in [1.29, 1.82) is 0 Å². The molecule has 0 amide bonds. The minimum absolute atomic E-state index is 0.0751. The number of rotatable bonds is 52. The summed E-state index contributed by atoms with van der Waals surface area (Å²) in [7, 11) is 0. The van der Waals surface area contributed by atoms with Crippen LogP contribution in [0.3, 0.4) is 0 Å². The van der Waals surface area contributed by atoms with Gasteiger partial charge >= 0.3 is 17.9 Å². The molecule has 0 aromatic rings. The molecule has 0 fully saturated rings. The second-order valence-electron chi connectivity index (χ2n) is 19.2. The zero-order chi connectivity index (χ0) is 48.6. The van der Waals surface area contributed by atoms with E-state index in [1.165, 1.54) is 161 Å². The maximum Gasteiger partial charge on any atom is 0.306 e. The van der Waals surface area contributed by atoms with Gasteiger partial charge in [0.2, 0.25) is 0 Å². The standard InChI is InChI=1S/C61H108O6/c1-4-7-10-13-16-19-21-23-25-26-27-28-29-30-31-32-33-34-36-37-39-42-45-48-51-54-60(63)66-57-58(56-65-59(62)53-50-47-44-41-18-15-12-9-6-3)67-61(64)55-52-49-46-43-40-38-35-24-22-20-17-14-11-8-5-2/h7,10,16,19,23-25,27-28,35,58H,4-6,8-9,11-15,17-18,20-22,26,29-34,36-57H2,1-3H3/b10-7-,19-16-,25-23-,28-27-,35-24-. The Kier molecular flexibility index (Phi) is 53.3. The minimum atomic E-state index is -0.775. The Bertz CT molecular complexity index is 1210. The van der Waals surface area contributed by atoms with Gasteiger partial charge < -0.3 is 14.2 Å². The zero-order valence-corrected chi connectivity index (χ0v) is 44.4. The van der Waals surface area contributed by atoms with Crippen LogP contribution in [0.4, 0.5) is 0 Å². The van der Waals surface area contributed by atoms with Gasteiger partial charge in [-0.3, -0.25) is 14.4 Å². The molecule has 0 aromatic carbocycles. The van der Waals surface area contributed by atoms with Crippen molar-refractivity contribution in [2.75, 3.05) is 13.2 Å². The van der Waals surface area contributed by atoms with E-state index in [4.69, 9.17) is 14.2 Å². The second kappa shape index (κ2) is 55.7. The first-order chi connectivity index (χ1) is 33.0. The first kappa shape index (κ1) is 64.1. The smallest absolute Gasteiger partial charge is 0.306 e. The molecule has 0 aliphatic carbocycles. The first-order valence-electron chi connectivity index (χ1n) is 28.8. The molecule has 0 saturated carbocycles. The van der Waals surface area contributed by atoms with Gasteiger partial charge in [-0.1, -0.05) is 248 Å². The summed E-state index contributed by atoms with van der Waals surface area (Å²) in [4.78, 5) is 38.0. The lowest BCUT2D eigenvalue weighted by atomic mass is 10.0. The molecule has 388 valence electrons. The maximum absolute atomic E-state index is 12.8. The molecule has 0 bridgehead atoms. The summed E-state index contributed by atoms with van der Waals surface area (Å²) in [6, 6.07) is 0. The molecule has 1 unspecified atom stereocenters. The third-order valence-electron chi connectivity index (χ3n) is 12.5. The molecule has 0 saturated heterocycles. The van der Waals surface area contributed by atoms with E-state index in [9.17, 15) is 14.4 Å². The summed E-state index contributed by atoms with van der Waals surface area (Å²) in [6.07, 6.45) is 69.4. The predicted octanol–water partition coefficient (Wildman–Crippen LogP) is 19.2. The van der Waals surface area contributed by atoms with Crippen molar-refractivity contribution >= 4 is 17.9 Å². The van der Waals surface area contributed by atoms with Crippen molar-refractivity contribution in [2.24, 2.45) is 0 Å². The molecule has 0 heterocycles. The molecule has 6 heteroatoms. The Balaban J connectivity index is 4.21. The average Bonchev–Trinajstić information content (AvgIpc) is 3.33. The van der Waals surface area contributed by atoms with Crippen molar-refractivity contribution in [3.8, 4) is 0 Å². The van der Waals surface area contributed by atoms with E-state index >= 15 is 0 Å². The molecule has 0 N–H and O–H groups in total. The normalized spacial score (nSPS) is 12.5. The fourth-order valence-corrected chi connectivity index (χ4v) is 8.19. The molecule has 0 rings (SSSR count). The number of carbonyl (C=O) groups excluding carboxylic acids is 3. The fraction of sp³-hybridized carbons (Fsp3) is 0.787. The largest absolute Gasteiger partial charge is 0.462 e. The molecule has 0 aromatic heterocycles. The van der Waals surface area contributed by atoms with Gasteiger partial charge in [0.05, 0.1) is 0 Å². The number of hydrogen-bond acceptors (Lipinski definition) is 6. The topological polar surface area (TPSA) is 78.9 Å². The van der Waals surface area contributed by atoms with E-state index in [2.05, 4.69) is 81.5 Å². The monoisotopic (exact) mass is 937 g/mol. The van der Waals surface area contributed by atoms with Gasteiger partial charge in [-0.25, -0.2) is 0 Å². The molecule has 0 aliphatic heterocycles. The molecule has 0 radical (unpaired) electrons. The van der Waals surface area contributed by atoms with Crippen molar-refractivity contribution in [1.82, 2.24) is 0 Å². The van der Waals surface area contributed by atoms with E-state index in [0.717, 1.165) is 89.9 Å². The lowest BCUT2D eigenvalue weighted by Gasteiger charge is -2.18. The summed E-state index contributed by atoms with van der Waals surface area (Å²) in [5, 5.41) is 0. The van der Waals surface area contributed by atoms with Crippen molar-refractivity contribution < 1.29 is 28.6 Å². The first-order valence-corrected chi connectivity index (χ1v) is 28.8. The highest BCUT2D eigenvalue weighted by Crippen LogP contribution is 2.16. The van der Waals surface area contributed by atoms with Crippen LogP contribution in [0, 0.1) is 0 Å². The highest BCUT2D eigenvalue weighted by atomic mass is 16.6. The van der Waals surface area contributed by atoms with Crippen LogP contribution < -0.4 is 0 Å². The third-order valence-corrected chi connectivity index (χ3v) is 12.5. The van der Waals surface area contributed by atoms with Crippen LogP contribution in [0.5, 0.6) is 0 Å². The number of esters is 3. The van der Waals surface area contributed by atoms with Crippen LogP contribution in [-0.4, -0.2) is 37.2 Å².